The molecular formula is C16H16N2S. The number of benzene rings is 2. The number of nitrogens with zero attached hydrogens (tertiary/aromatic N) is 1. The Balaban J connectivity index is 1.77. The maximum Gasteiger partial charge on any atom is 0.129 e. The second-order valence-electron chi connectivity index (χ2n) is 4.43. The summed E-state index contributed by atoms with van der Waals surface area (Å²) in [7, 11) is 0. The largest absolute Gasteiger partial charge is 0.368 e. The van der Waals surface area contributed by atoms with Gasteiger partial charge in [-0.05, 0) is 11.6 Å². The van der Waals surface area contributed by atoms with Crippen molar-refractivity contribution in [2.75, 3.05) is 13.1 Å². The van der Waals surface area contributed by atoms with Gasteiger partial charge in [0.05, 0.1) is 6.54 Å². The van der Waals surface area contributed by atoms with Crippen molar-refractivity contribution in [1.29, 1.82) is 0 Å². The van der Waals surface area contributed by atoms with Crippen LogP contribution in [-0.2, 0) is 5.75 Å². The van der Waals surface area contributed by atoms with Gasteiger partial charge >= 0.3 is 0 Å². The molecule has 0 unspecified atom stereocenters. The van der Waals surface area contributed by atoms with Crippen LogP contribution < -0.4 is 5.32 Å². The second kappa shape index (κ2) is 5.93. The average Bonchev–Trinajstić information content (AvgIpc) is 3.01. The van der Waals surface area contributed by atoms with Gasteiger partial charge < -0.3 is 5.32 Å². The van der Waals surface area contributed by atoms with E-state index in [0.717, 1.165) is 24.7 Å². The topological polar surface area (TPSA) is 24.4 Å². The lowest BCUT2D eigenvalue weighted by Crippen LogP contribution is -2.20. The first kappa shape index (κ1) is 12.3. The zero-order valence-electron chi connectivity index (χ0n) is 10.7. The van der Waals surface area contributed by atoms with Crippen LogP contribution in [0.3, 0.4) is 0 Å². The van der Waals surface area contributed by atoms with Gasteiger partial charge in [0.1, 0.15) is 5.84 Å². The van der Waals surface area contributed by atoms with Crippen LogP contribution in [0.25, 0.3) is 0 Å². The highest BCUT2D eigenvalue weighted by Crippen LogP contribution is 2.26. The molecule has 2 nitrogen and oxygen atoms in total. The number of hydrogen-bond donors (Lipinski definition) is 1. The lowest BCUT2D eigenvalue weighted by Gasteiger charge is -2.09. The Kier molecular flexibility index (Phi) is 3.84. The molecule has 96 valence electrons. The van der Waals surface area contributed by atoms with E-state index >= 15 is 0 Å². The van der Waals surface area contributed by atoms with Crippen LogP contribution >= 0.6 is 11.8 Å². The van der Waals surface area contributed by atoms with Crippen LogP contribution in [0.2, 0.25) is 0 Å². The molecule has 0 atom stereocenters. The standard InChI is InChI=1S/C16H16N2S/c1-2-6-13(7-3-1)12-19-15-9-5-4-8-14(15)16-17-10-11-18-16/h1-9H,10-12H2,(H,17,18). The summed E-state index contributed by atoms with van der Waals surface area (Å²) in [6, 6.07) is 19.0. The smallest absolute Gasteiger partial charge is 0.129 e. The number of hydrogen-bond acceptors (Lipinski definition) is 3. The molecule has 0 bridgehead atoms. The van der Waals surface area contributed by atoms with Crippen molar-refractivity contribution in [3.63, 3.8) is 0 Å². The van der Waals surface area contributed by atoms with Gasteiger partial charge in [-0.25, -0.2) is 0 Å². The Morgan fingerprint density at radius 2 is 1.79 bits per heavy atom. The molecule has 0 saturated carbocycles. The summed E-state index contributed by atoms with van der Waals surface area (Å²) in [4.78, 5) is 5.81. The van der Waals surface area contributed by atoms with Crippen molar-refractivity contribution < 1.29 is 0 Å². The number of amidine groups is 1. The van der Waals surface area contributed by atoms with E-state index in [0.29, 0.717) is 0 Å². The molecule has 3 rings (SSSR count). The van der Waals surface area contributed by atoms with Crippen LogP contribution in [-0.4, -0.2) is 18.9 Å². The molecule has 3 heteroatoms. The zero-order chi connectivity index (χ0) is 12.9. The zero-order valence-corrected chi connectivity index (χ0v) is 11.5. The second-order valence-corrected chi connectivity index (χ2v) is 5.44. The molecule has 0 fully saturated rings. The third-order valence-electron chi connectivity index (χ3n) is 3.05. The predicted octanol–water partition coefficient (Wildman–Crippen LogP) is 3.33. The van der Waals surface area contributed by atoms with Gasteiger partial charge in [-0.3, -0.25) is 4.99 Å². The lowest BCUT2D eigenvalue weighted by molar-refractivity contribution is 0.959. The first-order valence-corrected chi connectivity index (χ1v) is 7.46. The van der Waals surface area contributed by atoms with Crippen molar-refractivity contribution in [1.82, 2.24) is 5.32 Å². The van der Waals surface area contributed by atoms with Gasteiger partial charge in [-0.1, -0.05) is 48.5 Å². The SMILES string of the molecule is c1ccc(CSc2ccccc2C2=NCCN2)cc1. The first-order valence-electron chi connectivity index (χ1n) is 6.48. The van der Waals surface area contributed by atoms with E-state index in [1.165, 1.54) is 16.0 Å². The summed E-state index contributed by atoms with van der Waals surface area (Å²) >= 11 is 1.87. The Morgan fingerprint density at radius 3 is 2.58 bits per heavy atom. The van der Waals surface area contributed by atoms with Gasteiger partial charge in [-0.2, -0.15) is 0 Å². The van der Waals surface area contributed by atoms with E-state index in [9.17, 15) is 0 Å². The van der Waals surface area contributed by atoms with Crippen LogP contribution in [0, 0.1) is 0 Å². The molecule has 1 heterocycles. The number of aliphatic imine (C=N–C) groups is 1. The summed E-state index contributed by atoms with van der Waals surface area (Å²) < 4.78 is 0. The summed E-state index contributed by atoms with van der Waals surface area (Å²) in [6.07, 6.45) is 0. The Morgan fingerprint density at radius 1 is 1.00 bits per heavy atom. The van der Waals surface area contributed by atoms with Gasteiger partial charge in [0.15, 0.2) is 0 Å². The molecule has 0 aliphatic carbocycles. The van der Waals surface area contributed by atoms with Crippen LogP contribution in [0.15, 0.2) is 64.5 Å². The van der Waals surface area contributed by atoms with E-state index in [-0.39, 0.29) is 0 Å². The molecule has 2 aromatic rings. The van der Waals surface area contributed by atoms with E-state index in [4.69, 9.17) is 0 Å². The molecule has 0 aromatic heterocycles. The molecule has 0 radical (unpaired) electrons. The third kappa shape index (κ3) is 2.99. The fraction of sp³-hybridized carbons (Fsp3) is 0.188. The molecule has 0 amide bonds. The quantitative estimate of drug-likeness (QED) is 0.860. The number of thioether (sulfide) groups is 1. The molecule has 1 aliphatic heterocycles. The van der Waals surface area contributed by atoms with Crippen molar-refractivity contribution in [2.24, 2.45) is 4.99 Å². The monoisotopic (exact) mass is 268 g/mol. The summed E-state index contributed by atoms with van der Waals surface area (Å²) in [6.45, 7) is 1.83. The number of nitrogens with one attached hydrogen (secondary N) is 1. The lowest BCUT2D eigenvalue weighted by atomic mass is 10.2. The fourth-order valence-electron chi connectivity index (χ4n) is 2.10. The van der Waals surface area contributed by atoms with Gasteiger partial charge in [0.25, 0.3) is 0 Å². The van der Waals surface area contributed by atoms with E-state index < -0.39 is 0 Å². The highest BCUT2D eigenvalue weighted by atomic mass is 32.2. The van der Waals surface area contributed by atoms with Crippen LogP contribution in [0.5, 0.6) is 0 Å². The molecular weight excluding hydrogens is 252 g/mol. The Bertz CT molecular complexity index is 578. The maximum absolute atomic E-state index is 4.51. The minimum Gasteiger partial charge on any atom is -0.368 e. The first-order chi connectivity index (χ1) is 9.43. The summed E-state index contributed by atoms with van der Waals surface area (Å²) in [5, 5.41) is 3.35. The van der Waals surface area contributed by atoms with Crippen molar-refractivity contribution in [3.8, 4) is 0 Å². The van der Waals surface area contributed by atoms with Crippen molar-refractivity contribution in [3.05, 3.63) is 65.7 Å². The molecule has 1 aliphatic rings. The van der Waals surface area contributed by atoms with Crippen LogP contribution in [0.4, 0.5) is 0 Å². The molecule has 19 heavy (non-hydrogen) atoms. The Labute approximate surface area is 118 Å². The minimum absolute atomic E-state index is 0.882. The highest BCUT2D eigenvalue weighted by Gasteiger charge is 2.12. The van der Waals surface area contributed by atoms with Gasteiger partial charge in [0, 0.05) is 22.8 Å². The third-order valence-corrected chi connectivity index (χ3v) is 4.20. The van der Waals surface area contributed by atoms with Crippen molar-refractivity contribution >= 4 is 17.6 Å². The van der Waals surface area contributed by atoms with E-state index in [1.807, 2.05) is 11.8 Å². The van der Waals surface area contributed by atoms with Gasteiger partial charge in [0.2, 0.25) is 0 Å². The van der Waals surface area contributed by atoms with E-state index in [1.54, 1.807) is 0 Å². The minimum atomic E-state index is 0.882. The summed E-state index contributed by atoms with van der Waals surface area (Å²) in [5.74, 6) is 2.03. The number of rotatable bonds is 4. The molecule has 1 N–H and O–H groups in total. The molecule has 0 saturated heterocycles. The molecule has 2 aromatic carbocycles. The average molecular weight is 268 g/mol. The van der Waals surface area contributed by atoms with Crippen LogP contribution in [0.1, 0.15) is 11.1 Å². The maximum atomic E-state index is 4.51. The van der Waals surface area contributed by atoms with Crippen molar-refractivity contribution in [2.45, 2.75) is 10.6 Å². The highest BCUT2D eigenvalue weighted by molar-refractivity contribution is 7.98. The predicted molar refractivity (Wildman–Crippen MR) is 81.9 cm³/mol. The van der Waals surface area contributed by atoms with E-state index in [2.05, 4.69) is 64.9 Å². The molecule has 0 spiro atoms. The fourth-order valence-corrected chi connectivity index (χ4v) is 3.11. The van der Waals surface area contributed by atoms with Gasteiger partial charge in [-0.15, -0.1) is 11.8 Å². The normalized spacial score (nSPS) is 14.0. The Hall–Kier alpha value is -1.74. The summed E-state index contributed by atoms with van der Waals surface area (Å²) in [5.41, 5.74) is 2.57.